The van der Waals surface area contributed by atoms with E-state index >= 15 is 0 Å². The first-order valence-electron chi connectivity index (χ1n) is 11.4. The molecule has 2 aliphatic rings. The summed E-state index contributed by atoms with van der Waals surface area (Å²) in [5.74, 6) is 1.75. The molecule has 1 saturated carbocycles. The van der Waals surface area contributed by atoms with Gasteiger partial charge in [-0.15, -0.1) is 6.58 Å². The number of rotatable bonds is 7. The van der Waals surface area contributed by atoms with Gasteiger partial charge in [0.05, 0.1) is 13.2 Å². The number of allylic oxidation sites excluding steroid dienone is 1. The molecule has 1 aliphatic heterocycles. The average Bonchev–Trinajstić information content (AvgIpc) is 2.81. The van der Waals surface area contributed by atoms with E-state index in [0.29, 0.717) is 17.8 Å². The fraction of sp³-hybridized carbons (Fsp3) is 0.481. The molecule has 3 heteroatoms. The Bertz CT molecular complexity index is 783. The first-order chi connectivity index (χ1) is 14.7. The third-order valence-corrected chi connectivity index (χ3v) is 6.98. The van der Waals surface area contributed by atoms with Crippen molar-refractivity contribution in [2.45, 2.75) is 57.2 Å². The summed E-state index contributed by atoms with van der Waals surface area (Å²) < 4.78 is 12.2. The van der Waals surface area contributed by atoms with Crippen molar-refractivity contribution in [2.75, 3.05) is 13.2 Å². The SMILES string of the molecule is C=CCCC[C@H]1CO[C@H](C2CCC(c3ccc(-c4ccc(Cl)cc4)cc3)CC2)OC1. The zero-order valence-corrected chi connectivity index (χ0v) is 18.5. The molecule has 2 aromatic carbocycles. The Morgan fingerprint density at radius 2 is 1.47 bits per heavy atom. The minimum Gasteiger partial charge on any atom is -0.352 e. The van der Waals surface area contributed by atoms with Crippen molar-refractivity contribution in [1.29, 1.82) is 0 Å². The van der Waals surface area contributed by atoms with E-state index < -0.39 is 0 Å². The number of halogens is 1. The molecule has 0 unspecified atom stereocenters. The van der Waals surface area contributed by atoms with Crippen molar-refractivity contribution >= 4 is 11.6 Å². The first-order valence-corrected chi connectivity index (χ1v) is 11.8. The van der Waals surface area contributed by atoms with Crippen LogP contribution in [0.1, 0.15) is 56.4 Å². The summed E-state index contributed by atoms with van der Waals surface area (Å²) >= 11 is 6.01. The van der Waals surface area contributed by atoms with Crippen LogP contribution in [0.25, 0.3) is 11.1 Å². The van der Waals surface area contributed by atoms with E-state index in [9.17, 15) is 0 Å². The van der Waals surface area contributed by atoms with Gasteiger partial charge in [0.1, 0.15) is 0 Å². The zero-order valence-electron chi connectivity index (χ0n) is 17.8. The maximum atomic E-state index is 6.12. The summed E-state index contributed by atoms with van der Waals surface area (Å²) in [6.07, 6.45) is 10.3. The van der Waals surface area contributed by atoms with Crippen LogP contribution >= 0.6 is 11.6 Å². The Kier molecular flexibility index (Phi) is 7.65. The molecule has 1 aliphatic carbocycles. The molecule has 0 N–H and O–H groups in total. The Hall–Kier alpha value is -1.61. The molecule has 0 radical (unpaired) electrons. The lowest BCUT2D eigenvalue weighted by atomic mass is 9.78. The van der Waals surface area contributed by atoms with Gasteiger partial charge >= 0.3 is 0 Å². The lowest BCUT2D eigenvalue weighted by Crippen LogP contribution is -2.38. The summed E-state index contributed by atoms with van der Waals surface area (Å²) in [5, 5.41) is 0.779. The van der Waals surface area contributed by atoms with Crippen LogP contribution in [-0.4, -0.2) is 19.5 Å². The molecule has 0 aromatic heterocycles. The molecule has 4 rings (SSSR count). The van der Waals surface area contributed by atoms with Crippen molar-refractivity contribution < 1.29 is 9.47 Å². The maximum absolute atomic E-state index is 6.12. The Labute approximate surface area is 186 Å². The molecule has 0 bridgehead atoms. The van der Waals surface area contributed by atoms with Crippen LogP contribution in [0.3, 0.4) is 0 Å². The van der Waals surface area contributed by atoms with Crippen molar-refractivity contribution in [1.82, 2.24) is 0 Å². The third-order valence-electron chi connectivity index (χ3n) is 6.73. The topological polar surface area (TPSA) is 18.5 Å². The number of hydrogen-bond acceptors (Lipinski definition) is 2. The van der Waals surface area contributed by atoms with Crippen LogP contribution in [0.2, 0.25) is 5.02 Å². The predicted octanol–water partition coefficient (Wildman–Crippen LogP) is 7.63. The monoisotopic (exact) mass is 424 g/mol. The van der Waals surface area contributed by atoms with Gasteiger partial charge in [-0.25, -0.2) is 0 Å². The first kappa shape index (κ1) is 21.6. The minimum absolute atomic E-state index is 0.00823. The molecule has 160 valence electrons. The molecule has 1 saturated heterocycles. The van der Waals surface area contributed by atoms with Gasteiger partial charge in [0.2, 0.25) is 0 Å². The molecule has 2 fully saturated rings. The summed E-state index contributed by atoms with van der Waals surface area (Å²) in [7, 11) is 0. The highest BCUT2D eigenvalue weighted by Crippen LogP contribution is 2.39. The van der Waals surface area contributed by atoms with Crippen LogP contribution < -0.4 is 0 Å². The number of ether oxygens (including phenoxy) is 2. The van der Waals surface area contributed by atoms with Crippen molar-refractivity contribution in [3.8, 4) is 11.1 Å². The van der Waals surface area contributed by atoms with Crippen LogP contribution in [0, 0.1) is 11.8 Å². The second kappa shape index (κ2) is 10.6. The van der Waals surface area contributed by atoms with E-state index in [1.165, 1.54) is 55.2 Å². The predicted molar refractivity (Wildman–Crippen MR) is 125 cm³/mol. The molecule has 0 spiro atoms. The molecule has 30 heavy (non-hydrogen) atoms. The second-order valence-corrected chi connectivity index (χ2v) is 9.30. The van der Waals surface area contributed by atoms with Crippen LogP contribution in [-0.2, 0) is 9.47 Å². The van der Waals surface area contributed by atoms with E-state index in [2.05, 4.69) is 43.0 Å². The Morgan fingerprint density at radius 3 is 2.07 bits per heavy atom. The van der Waals surface area contributed by atoms with Gasteiger partial charge in [0, 0.05) is 16.9 Å². The van der Waals surface area contributed by atoms with Crippen LogP contribution in [0.4, 0.5) is 0 Å². The quantitative estimate of drug-likeness (QED) is 0.336. The lowest BCUT2D eigenvalue weighted by molar-refractivity contribution is -0.229. The summed E-state index contributed by atoms with van der Waals surface area (Å²) in [6.45, 7) is 5.51. The standard InChI is InChI=1S/C27H33ClO2/c1-2-3-4-5-20-18-29-27(30-19-20)25-12-10-23(11-13-25)21-6-8-22(9-7-21)24-14-16-26(28)17-15-24/h2,6-9,14-17,20,23,25,27H,1,3-5,10-13,18-19H2/t20-,23?,25?,27-. The molecule has 1 heterocycles. The lowest BCUT2D eigenvalue weighted by Gasteiger charge is -2.37. The fourth-order valence-corrected chi connectivity index (χ4v) is 4.99. The number of hydrogen-bond donors (Lipinski definition) is 0. The van der Waals surface area contributed by atoms with Crippen LogP contribution in [0.15, 0.2) is 61.2 Å². The highest BCUT2D eigenvalue weighted by atomic mass is 35.5. The normalized spacial score (nSPS) is 27.0. The molecule has 0 atom stereocenters. The third kappa shape index (κ3) is 5.55. The van der Waals surface area contributed by atoms with Gasteiger partial charge in [-0.3, -0.25) is 0 Å². The molecular weight excluding hydrogens is 392 g/mol. The van der Waals surface area contributed by atoms with Crippen LogP contribution in [0.5, 0.6) is 0 Å². The Balaban J connectivity index is 1.25. The zero-order chi connectivity index (χ0) is 20.8. The van der Waals surface area contributed by atoms with Crippen molar-refractivity contribution in [3.05, 3.63) is 71.8 Å². The maximum Gasteiger partial charge on any atom is 0.160 e. The van der Waals surface area contributed by atoms with E-state index in [1.807, 2.05) is 18.2 Å². The van der Waals surface area contributed by atoms with Gasteiger partial charge in [-0.1, -0.05) is 54.1 Å². The van der Waals surface area contributed by atoms with Gasteiger partial charge in [-0.05, 0) is 79.7 Å². The van der Waals surface area contributed by atoms with Crippen molar-refractivity contribution in [2.24, 2.45) is 11.8 Å². The van der Waals surface area contributed by atoms with Gasteiger partial charge in [0.25, 0.3) is 0 Å². The number of benzene rings is 2. The van der Waals surface area contributed by atoms with E-state index in [1.54, 1.807) is 0 Å². The Morgan fingerprint density at radius 1 is 0.867 bits per heavy atom. The largest absolute Gasteiger partial charge is 0.352 e. The average molecular weight is 425 g/mol. The summed E-state index contributed by atoms with van der Waals surface area (Å²) in [5.41, 5.74) is 3.92. The van der Waals surface area contributed by atoms with Gasteiger partial charge in [0.15, 0.2) is 6.29 Å². The summed E-state index contributed by atoms with van der Waals surface area (Å²) in [4.78, 5) is 0. The molecule has 0 amide bonds. The van der Waals surface area contributed by atoms with E-state index in [4.69, 9.17) is 21.1 Å². The summed E-state index contributed by atoms with van der Waals surface area (Å²) in [6, 6.07) is 17.1. The highest BCUT2D eigenvalue weighted by molar-refractivity contribution is 6.30. The molecule has 2 aromatic rings. The fourth-order valence-electron chi connectivity index (χ4n) is 4.86. The van der Waals surface area contributed by atoms with Crippen molar-refractivity contribution in [3.63, 3.8) is 0 Å². The van der Waals surface area contributed by atoms with Gasteiger partial charge < -0.3 is 9.47 Å². The minimum atomic E-state index is 0.00823. The molecule has 2 nitrogen and oxygen atoms in total. The molecular formula is C27H33ClO2. The van der Waals surface area contributed by atoms with E-state index in [-0.39, 0.29) is 6.29 Å². The van der Waals surface area contributed by atoms with Gasteiger partial charge in [-0.2, -0.15) is 0 Å². The van der Waals surface area contributed by atoms with E-state index in [0.717, 1.165) is 24.7 Å². The smallest absolute Gasteiger partial charge is 0.160 e. The second-order valence-electron chi connectivity index (χ2n) is 8.86. The number of unbranched alkanes of at least 4 members (excludes halogenated alkanes) is 1. The highest BCUT2D eigenvalue weighted by Gasteiger charge is 2.32.